The van der Waals surface area contributed by atoms with Gasteiger partial charge in [-0.05, 0) is 32.9 Å². The highest BCUT2D eigenvalue weighted by molar-refractivity contribution is 6.29. The Morgan fingerprint density at radius 3 is 2.53 bits per heavy atom. The molecule has 0 aromatic carbocycles. The number of nitrogens with one attached hydrogen (secondary N) is 2. The maximum atomic E-state index is 12.0. The van der Waals surface area contributed by atoms with Crippen molar-refractivity contribution in [2.45, 2.75) is 20.8 Å². The zero-order valence-electron chi connectivity index (χ0n) is 11.5. The van der Waals surface area contributed by atoms with Crippen molar-refractivity contribution in [3.8, 4) is 0 Å². The third kappa shape index (κ3) is 4.21. The number of aromatic nitrogens is 1. The molecule has 104 valence electrons. The second-order valence-electron chi connectivity index (χ2n) is 4.97. The molecule has 2 N–H and O–H groups in total. The molecule has 1 heterocycles. The molecule has 0 spiro atoms. The van der Waals surface area contributed by atoms with Crippen LogP contribution in [0.1, 0.15) is 29.9 Å². The first-order chi connectivity index (χ1) is 8.76. The smallest absolute Gasteiger partial charge is 0.251 e. The average molecular weight is 284 g/mol. The first kappa shape index (κ1) is 15.4. The summed E-state index contributed by atoms with van der Waals surface area (Å²) in [6.07, 6.45) is 0. The maximum Gasteiger partial charge on any atom is 0.251 e. The summed E-state index contributed by atoms with van der Waals surface area (Å²) >= 11 is 5.80. The summed E-state index contributed by atoms with van der Waals surface area (Å²) in [6, 6.07) is 3.14. The van der Waals surface area contributed by atoms with Crippen molar-refractivity contribution in [3.05, 3.63) is 28.5 Å². The van der Waals surface area contributed by atoms with E-state index in [1.54, 1.807) is 33.9 Å². The second-order valence-corrected chi connectivity index (χ2v) is 5.35. The molecule has 19 heavy (non-hydrogen) atoms. The quantitative estimate of drug-likeness (QED) is 0.824. The van der Waals surface area contributed by atoms with Gasteiger partial charge in [0.1, 0.15) is 5.15 Å². The van der Waals surface area contributed by atoms with Crippen LogP contribution in [0, 0.1) is 12.3 Å². The van der Waals surface area contributed by atoms with E-state index in [0.717, 1.165) is 0 Å². The number of carbonyl (C=O) groups is 2. The zero-order valence-corrected chi connectivity index (χ0v) is 12.3. The van der Waals surface area contributed by atoms with Gasteiger partial charge >= 0.3 is 0 Å². The number of carbonyl (C=O) groups excluding carboxylic acids is 2. The number of nitrogens with zero attached hydrogens (tertiary/aromatic N) is 1. The molecule has 0 aliphatic rings. The van der Waals surface area contributed by atoms with E-state index in [0.29, 0.717) is 11.3 Å². The Kier molecular flexibility index (Phi) is 4.89. The van der Waals surface area contributed by atoms with Crippen LogP contribution in [0.3, 0.4) is 0 Å². The number of hydrogen-bond donors (Lipinski definition) is 2. The second kappa shape index (κ2) is 6.02. The molecular formula is C13H18ClN3O2. The summed E-state index contributed by atoms with van der Waals surface area (Å²) in [4.78, 5) is 27.6. The minimum Gasteiger partial charge on any atom is -0.359 e. The van der Waals surface area contributed by atoms with E-state index < -0.39 is 5.41 Å². The summed E-state index contributed by atoms with van der Waals surface area (Å²) in [5, 5.41) is 5.56. The van der Waals surface area contributed by atoms with Crippen molar-refractivity contribution in [1.29, 1.82) is 0 Å². The van der Waals surface area contributed by atoms with Crippen molar-refractivity contribution in [1.82, 2.24) is 15.6 Å². The van der Waals surface area contributed by atoms with Gasteiger partial charge in [0.25, 0.3) is 5.91 Å². The zero-order chi connectivity index (χ0) is 14.6. The highest BCUT2D eigenvalue weighted by Gasteiger charge is 2.27. The first-order valence-electron chi connectivity index (χ1n) is 5.91. The van der Waals surface area contributed by atoms with Crippen LogP contribution in [-0.4, -0.2) is 30.4 Å². The fraction of sp³-hybridized carbons (Fsp3) is 0.462. The van der Waals surface area contributed by atoms with Crippen LogP contribution >= 0.6 is 11.6 Å². The largest absolute Gasteiger partial charge is 0.359 e. The summed E-state index contributed by atoms with van der Waals surface area (Å²) < 4.78 is 0. The molecule has 0 aliphatic heterocycles. The third-order valence-electron chi connectivity index (χ3n) is 2.72. The molecule has 0 bridgehead atoms. The Morgan fingerprint density at radius 2 is 2.00 bits per heavy atom. The average Bonchev–Trinajstić information content (AvgIpc) is 2.33. The van der Waals surface area contributed by atoms with Gasteiger partial charge in [0.2, 0.25) is 5.91 Å². The summed E-state index contributed by atoms with van der Waals surface area (Å²) in [6.45, 7) is 5.52. The van der Waals surface area contributed by atoms with Gasteiger partial charge in [-0.1, -0.05) is 11.6 Å². The molecule has 1 rings (SSSR count). The SMILES string of the molecule is CNC(=O)C(C)(C)CNC(=O)c1cc(C)nc(Cl)c1. The normalized spacial score (nSPS) is 11.0. The van der Waals surface area contributed by atoms with E-state index in [2.05, 4.69) is 15.6 Å². The molecule has 0 radical (unpaired) electrons. The molecule has 0 unspecified atom stereocenters. The highest BCUT2D eigenvalue weighted by Crippen LogP contribution is 2.14. The molecular weight excluding hydrogens is 266 g/mol. The van der Waals surface area contributed by atoms with Crippen LogP contribution in [0.2, 0.25) is 5.15 Å². The monoisotopic (exact) mass is 283 g/mol. The topological polar surface area (TPSA) is 71.1 Å². The van der Waals surface area contributed by atoms with Gasteiger partial charge < -0.3 is 10.6 Å². The number of hydrogen-bond acceptors (Lipinski definition) is 3. The first-order valence-corrected chi connectivity index (χ1v) is 6.28. The molecule has 6 heteroatoms. The molecule has 1 aromatic heterocycles. The molecule has 5 nitrogen and oxygen atoms in total. The number of rotatable bonds is 4. The minimum atomic E-state index is -0.670. The summed E-state index contributed by atoms with van der Waals surface area (Å²) in [7, 11) is 1.57. The van der Waals surface area contributed by atoms with E-state index in [9.17, 15) is 9.59 Å². The molecule has 0 aliphatic carbocycles. The van der Waals surface area contributed by atoms with E-state index in [4.69, 9.17) is 11.6 Å². The number of amides is 2. The van der Waals surface area contributed by atoms with Gasteiger partial charge in [-0.25, -0.2) is 4.98 Å². The van der Waals surface area contributed by atoms with Crippen molar-refractivity contribution >= 4 is 23.4 Å². The van der Waals surface area contributed by atoms with Gasteiger partial charge in [0.15, 0.2) is 0 Å². The van der Waals surface area contributed by atoms with Crippen LogP contribution in [0.25, 0.3) is 0 Å². The van der Waals surface area contributed by atoms with Crippen molar-refractivity contribution in [2.24, 2.45) is 5.41 Å². The molecule has 1 aromatic rings. The van der Waals surface area contributed by atoms with E-state index in [1.807, 2.05) is 0 Å². The van der Waals surface area contributed by atoms with E-state index in [-0.39, 0.29) is 23.5 Å². The van der Waals surface area contributed by atoms with E-state index in [1.165, 1.54) is 6.07 Å². The van der Waals surface area contributed by atoms with Crippen LogP contribution in [0.5, 0.6) is 0 Å². The van der Waals surface area contributed by atoms with Gasteiger partial charge in [0, 0.05) is 24.8 Å². The van der Waals surface area contributed by atoms with Gasteiger partial charge in [-0.15, -0.1) is 0 Å². The lowest BCUT2D eigenvalue weighted by Gasteiger charge is -2.22. The Hall–Kier alpha value is -1.62. The Morgan fingerprint density at radius 1 is 1.37 bits per heavy atom. The molecule has 0 saturated carbocycles. The standard InChI is InChI=1S/C13H18ClN3O2/c1-8-5-9(6-10(14)17-8)11(18)16-7-13(2,3)12(19)15-4/h5-6H,7H2,1-4H3,(H,15,19)(H,16,18). The van der Waals surface area contributed by atoms with E-state index >= 15 is 0 Å². The molecule has 0 atom stereocenters. The number of halogens is 1. The van der Waals surface area contributed by atoms with Crippen molar-refractivity contribution in [2.75, 3.05) is 13.6 Å². The fourth-order valence-corrected chi connectivity index (χ4v) is 1.83. The highest BCUT2D eigenvalue weighted by atomic mass is 35.5. The number of aryl methyl sites for hydroxylation is 1. The van der Waals surface area contributed by atoms with Gasteiger partial charge in [-0.2, -0.15) is 0 Å². The van der Waals surface area contributed by atoms with Gasteiger partial charge in [0.05, 0.1) is 5.41 Å². The Bertz CT molecular complexity index is 480. The van der Waals surface area contributed by atoms with Crippen LogP contribution in [0.15, 0.2) is 12.1 Å². The third-order valence-corrected chi connectivity index (χ3v) is 2.91. The molecule has 2 amide bonds. The Labute approximate surface area is 117 Å². The predicted molar refractivity (Wildman–Crippen MR) is 74.2 cm³/mol. The fourth-order valence-electron chi connectivity index (χ4n) is 1.58. The summed E-state index contributed by atoms with van der Waals surface area (Å²) in [5.41, 5.74) is 0.435. The molecule has 0 fully saturated rings. The Balaban J connectivity index is 2.73. The summed E-state index contributed by atoms with van der Waals surface area (Å²) in [5.74, 6) is -0.402. The molecule has 0 saturated heterocycles. The minimum absolute atomic E-state index is 0.128. The lowest BCUT2D eigenvalue weighted by atomic mass is 9.92. The maximum absolute atomic E-state index is 12.0. The van der Waals surface area contributed by atoms with Gasteiger partial charge in [-0.3, -0.25) is 9.59 Å². The van der Waals surface area contributed by atoms with Crippen LogP contribution in [0.4, 0.5) is 0 Å². The van der Waals surface area contributed by atoms with Crippen molar-refractivity contribution in [3.63, 3.8) is 0 Å². The number of pyridine rings is 1. The lowest BCUT2D eigenvalue weighted by molar-refractivity contribution is -0.128. The predicted octanol–water partition coefficient (Wildman–Crippen LogP) is 1.55. The van der Waals surface area contributed by atoms with Crippen LogP contribution < -0.4 is 10.6 Å². The van der Waals surface area contributed by atoms with Crippen LogP contribution in [-0.2, 0) is 4.79 Å². The lowest BCUT2D eigenvalue weighted by Crippen LogP contribution is -2.43. The van der Waals surface area contributed by atoms with Crippen molar-refractivity contribution < 1.29 is 9.59 Å².